The molecule has 0 radical (unpaired) electrons. The van der Waals surface area contributed by atoms with Crippen LogP contribution in [-0.2, 0) is 31.1 Å². The van der Waals surface area contributed by atoms with Crippen LogP contribution in [0.25, 0.3) is 0 Å². The maximum Gasteiger partial charge on any atom is 0.143 e. The van der Waals surface area contributed by atoms with E-state index in [1.807, 2.05) is 32.2 Å². The zero-order valence-electron chi connectivity index (χ0n) is 11.5. The predicted molar refractivity (Wildman–Crippen MR) is 81.5 cm³/mol. The summed E-state index contributed by atoms with van der Waals surface area (Å²) < 4.78 is 1.69. The molecule has 106 valence electrons. The van der Waals surface area contributed by atoms with Gasteiger partial charge in [-0.3, -0.25) is 9.48 Å². The van der Waals surface area contributed by atoms with E-state index in [1.54, 1.807) is 10.7 Å². The number of carbonyl (C=O) groups excluding carboxylic acids is 1. The molecule has 2 rings (SSSR count). The second-order valence-corrected chi connectivity index (χ2v) is 5.52. The van der Waals surface area contributed by atoms with E-state index in [9.17, 15) is 4.79 Å². The normalized spacial score (nSPS) is 10.8. The van der Waals surface area contributed by atoms with Crippen LogP contribution in [0.2, 0.25) is 10.0 Å². The Balaban J connectivity index is 2.10. The smallest absolute Gasteiger partial charge is 0.143 e. The fraction of sp³-hybridized carbons (Fsp3) is 0.333. The lowest BCUT2D eigenvalue weighted by atomic mass is 10.1. The number of aryl methyl sites for hydroxylation is 2. The minimum atomic E-state index is 0.0971. The van der Waals surface area contributed by atoms with E-state index >= 15 is 0 Å². The highest BCUT2D eigenvalue weighted by Crippen LogP contribution is 2.22. The minimum Gasteiger partial charge on any atom is -0.299 e. The molecule has 0 aliphatic carbocycles. The summed E-state index contributed by atoms with van der Waals surface area (Å²) in [5.74, 6) is 0.0971. The van der Waals surface area contributed by atoms with Gasteiger partial charge in [-0.15, -0.1) is 0 Å². The zero-order valence-corrected chi connectivity index (χ0v) is 13.0. The van der Waals surface area contributed by atoms with E-state index in [1.165, 1.54) is 0 Å². The van der Waals surface area contributed by atoms with E-state index in [4.69, 9.17) is 23.2 Å². The van der Waals surface area contributed by atoms with Gasteiger partial charge in [0.05, 0.1) is 22.8 Å². The van der Waals surface area contributed by atoms with Crippen LogP contribution in [0, 0.1) is 0 Å². The SMILES string of the molecule is CCc1nn(C)c(CC(=O)Cc2cccc(Cl)c2)c1Cl. The van der Waals surface area contributed by atoms with Crippen LogP contribution in [-0.4, -0.2) is 15.6 Å². The quantitative estimate of drug-likeness (QED) is 0.845. The number of hydrogen-bond donors (Lipinski definition) is 0. The summed E-state index contributed by atoms with van der Waals surface area (Å²) in [4.78, 5) is 12.2. The summed E-state index contributed by atoms with van der Waals surface area (Å²) in [6.07, 6.45) is 1.40. The third kappa shape index (κ3) is 3.41. The first-order chi connectivity index (χ1) is 9.51. The van der Waals surface area contributed by atoms with Gasteiger partial charge in [-0.2, -0.15) is 5.10 Å². The third-order valence-electron chi connectivity index (χ3n) is 3.16. The van der Waals surface area contributed by atoms with E-state index in [2.05, 4.69) is 5.10 Å². The molecule has 0 bridgehead atoms. The van der Waals surface area contributed by atoms with Crippen molar-refractivity contribution in [1.82, 2.24) is 9.78 Å². The van der Waals surface area contributed by atoms with Gasteiger partial charge in [0, 0.05) is 18.5 Å². The molecule has 0 amide bonds. The van der Waals surface area contributed by atoms with Crippen molar-refractivity contribution < 1.29 is 4.79 Å². The molecule has 3 nitrogen and oxygen atoms in total. The number of halogens is 2. The van der Waals surface area contributed by atoms with Crippen molar-refractivity contribution >= 4 is 29.0 Å². The van der Waals surface area contributed by atoms with E-state index in [-0.39, 0.29) is 12.2 Å². The summed E-state index contributed by atoms with van der Waals surface area (Å²) in [7, 11) is 1.81. The Morgan fingerprint density at radius 2 is 2.05 bits per heavy atom. The first-order valence-corrected chi connectivity index (χ1v) is 7.23. The van der Waals surface area contributed by atoms with Crippen LogP contribution >= 0.6 is 23.2 Å². The van der Waals surface area contributed by atoms with Crippen LogP contribution in [0.1, 0.15) is 23.9 Å². The Morgan fingerprint density at radius 1 is 1.30 bits per heavy atom. The Hall–Kier alpha value is -1.32. The maximum atomic E-state index is 12.2. The molecule has 0 aliphatic rings. The molecular weight excluding hydrogens is 295 g/mol. The monoisotopic (exact) mass is 310 g/mol. The Morgan fingerprint density at radius 3 is 2.65 bits per heavy atom. The lowest BCUT2D eigenvalue weighted by Gasteiger charge is -2.03. The highest BCUT2D eigenvalue weighted by Gasteiger charge is 2.16. The number of aromatic nitrogens is 2. The summed E-state index contributed by atoms with van der Waals surface area (Å²) in [5.41, 5.74) is 2.52. The van der Waals surface area contributed by atoms with Gasteiger partial charge in [0.2, 0.25) is 0 Å². The average Bonchev–Trinajstić information content (AvgIpc) is 2.66. The fourth-order valence-corrected chi connectivity index (χ4v) is 2.71. The molecule has 2 aromatic rings. The minimum absolute atomic E-state index is 0.0971. The van der Waals surface area contributed by atoms with Gasteiger partial charge < -0.3 is 0 Å². The van der Waals surface area contributed by atoms with Gasteiger partial charge in [-0.25, -0.2) is 0 Å². The largest absolute Gasteiger partial charge is 0.299 e. The van der Waals surface area contributed by atoms with Crippen LogP contribution < -0.4 is 0 Å². The fourth-order valence-electron chi connectivity index (χ4n) is 2.14. The molecule has 20 heavy (non-hydrogen) atoms. The number of Topliss-reactive ketones (excluding diaryl/α,β-unsaturated/α-hetero) is 1. The third-order valence-corrected chi connectivity index (χ3v) is 3.83. The molecule has 1 heterocycles. The van der Waals surface area contributed by atoms with Crippen molar-refractivity contribution in [3.8, 4) is 0 Å². The number of rotatable bonds is 5. The molecule has 0 saturated carbocycles. The first kappa shape index (κ1) is 15.1. The first-order valence-electron chi connectivity index (χ1n) is 6.47. The van der Waals surface area contributed by atoms with Crippen LogP contribution in [0.15, 0.2) is 24.3 Å². The van der Waals surface area contributed by atoms with E-state index < -0.39 is 0 Å². The number of ketones is 1. The standard InChI is InChI=1S/C15H16Cl2N2O/c1-3-13-15(17)14(19(2)18-13)9-12(20)8-10-5-4-6-11(16)7-10/h4-7H,3,8-9H2,1-2H3. The summed E-state index contributed by atoms with van der Waals surface area (Å²) in [5, 5.41) is 5.56. The number of hydrogen-bond acceptors (Lipinski definition) is 2. The Labute approximate surface area is 128 Å². The average molecular weight is 311 g/mol. The molecule has 0 fully saturated rings. The van der Waals surface area contributed by atoms with Crippen molar-refractivity contribution in [2.45, 2.75) is 26.2 Å². The van der Waals surface area contributed by atoms with Crippen LogP contribution in [0.3, 0.4) is 0 Å². The number of benzene rings is 1. The summed E-state index contributed by atoms with van der Waals surface area (Å²) in [6, 6.07) is 7.34. The number of carbonyl (C=O) groups is 1. The molecule has 0 spiro atoms. The van der Waals surface area contributed by atoms with Crippen LogP contribution in [0.5, 0.6) is 0 Å². The lowest BCUT2D eigenvalue weighted by molar-refractivity contribution is -0.117. The Kier molecular flexibility index (Phi) is 4.84. The van der Waals surface area contributed by atoms with Gasteiger partial charge in [-0.1, -0.05) is 42.3 Å². The van der Waals surface area contributed by atoms with Gasteiger partial charge in [0.1, 0.15) is 5.78 Å². The molecule has 0 atom stereocenters. The van der Waals surface area contributed by atoms with Crippen molar-refractivity contribution in [3.63, 3.8) is 0 Å². The van der Waals surface area contributed by atoms with Crippen molar-refractivity contribution in [2.75, 3.05) is 0 Å². The van der Waals surface area contributed by atoms with Gasteiger partial charge in [0.15, 0.2) is 0 Å². The second kappa shape index (κ2) is 6.42. The highest BCUT2D eigenvalue weighted by atomic mass is 35.5. The number of nitrogens with zero attached hydrogens (tertiary/aromatic N) is 2. The van der Waals surface area contributed by atoms with Crippen molar-refractivity contribution in [2.24, 2.45) is 7.05 Å². The molecule has 0 aliphatic heterocycles. The molecule has 0 unspecified atom stereocenters. The second-order valence-electron chi connectivity index (χ2n) is 4.71. The highest BCUT2D eigenvalue weighted by molar-refractivity contribution is 6.32. The molecule has 1 aromatic heterocycles. The molecule has 0 saturated heterocycles. The lowest BCUT2D eigenvalue weighted by Crippen LogP contribution is -2.10. The van der Waals surface area contributed by atoms with Crippen LogP contribution in [0.4, 0.5) is 0 Å². The van der Waals surface area contributed by atoms with E-state index in [0.29, 0.717) is 16.5 Å². The topological polar surface area (TPSA) is 34.9 Å². The van der Waals surface area contributed by atoms with Crippen molar-refractivity contribution in [3.05, 3.63) is 51.3 Å². The molecule has 1 aromatic carbocycles. The summed E-state index contributed by atoms with van der Waals surface area (Å²) >= 11 is 12.2. The van der Waals surface area contributed by atoms with E-state index in [0.717, 1.165) is 23.4 Å². The maximum absolute atomic E-state index is 12.2. The predicted octanol–water partition coefficient (Wildman–Crippen LogP) is 3.64. The summed E-state index contributed by atoms with van der Waals surface area (Å²) in [6.45, 7) is 1.99. The van der Waals surface area contributed by atoms with Gasteiger partial charge >= 0.3 is 0 Å². The zero-order chi connectivity index (χ0) is 14.7. The molecular formula is C15H16Cl2N2O. The van der Waals surface area contributed by atoms with Crippen molar-refractivity contribution in [1.29, 1.82) is 0 Å². The molecule has 0 N–H and O–H groups in total. The van der Waals surface area contributed by atoms with Gasteiger partial charge in [0.25, 0.3) is 0 Å². The molecule has 5 heteroatoms. The van der Waals surface area contributed by atoms with Gasteiger partial charge in [-0.05, 0) is 24.1 Å². The Bertz CT molecular complexity index is 635.